The Morgan fingerprint density at radius 1 is 1.41 bits per heavy atom. The molecule has 3 N–H and O–H groups in total. The molecule has 0 aliphatic heterocycles. The number of benzene rings is 1. The Hall–Kier alpha value is -2.30. The highest BCUT2D eigenvalue weighted by Gasteiger charge is 2.09. The summed E-state index contributed by atoms with van der Waals surface area (Å²) in [5.41, 5.74) is 8.46. The van der Waals surface area contributed by atoms with E-state index >= 15 is 0 Å². The Morgan fingerprint density at radius 3 is 2.65 bits per heavy atom. The summed E-state index contributed by atoms with van der Waals surface area (Å²) in [4.78, 5) is 10.6. The van der Waals surface area contributed by atoms with Gasteiger partial charge in [0.15, 0.2) is 0 Å². The van der Waals surface area contributed by atoms with Crippen molar-refractivity contribution in [3.05, 3.63) is 35.9 Å². The fraction of sp³-hybridized carbons (Fsp3) is 0.167. The number of nitrogens with zero attached hydrogens (tertiary/aromatic N) is 2. The van der Waals surface area contributed by atoms with Crippen LogP contribution in [-0.2, 0) is 11.3 Å². The van der Waals surface area contributed by atoms with Crippen LogP contribution >= 0.6 is 0 Å². The fourth-order valence-electron chi connectivity index (χ4n) is 1.55. The van der Waals surface area contributed by atoms with E-state index in [9.17, 15) is 4.79 Å². The lowest BCUT2D eigenvalue weighted by Gasteiger charge is -1.98. The number of carbonyl (C=O) groups is 1. The first-order valence-corrected chi connectivity index (χ1v) is 5.18. The second-order valence-electron chi connectivity index (χ2n) is 3.87. The SMILES string of the molecule is Cc1ccc(-c2cc(N)n(CC(=O)O)n2)cc1. The molecule has 0 saturated carbocycles. The van der Waals surface area contributed by atoms with E-state index in [2.05, 4.69) is 5.10 Å². The standard InChI is InChI=1S/C12H13N3O2/c1-8-2-4-9(5-3-8)10-6-11(13)15(14-10)7-12(16)17/h2-6H,7,13H2,1H3,(H,16,17). The second kappa shape index (κ2) is 4.29. The summed E-state index contributed by atoms with van der Waals surface area (Å²) in [5, 5.41) is 12.9. The molecule has 88 valence electrons. The molecule has 0 spiro atoms. The molecule has 0 unspecified atom stereocenters. The first-order valence-electron chi connectivity index (χ1n) is 5.18. The smallest absolute Gasteiger partial charge is 0.325 e. The van der Waals surface area contributed by atoms with Crippen molar-refractivity contribution in [2.45, 2.75) is 13.5 Å². The minimum Gasteiger partial charge on any atom is -0.480 e. The van der Waals surface area contributed by atoms with E-state index in [0.717, 1.165) is 11.1 Å². The molecule has 0 aliphatic carbocycles. The van der Waals surface area contributed by atoms with Gasteiger partial charge in [0, 0.05) is 11.6 Å². The van der Waals surface area contributed by atoms with Crippen molar-refractivity contribution in [2.24, 2.45) is 0 Å². The molecule has 17 heavy (non-hydrogen) atoms. The molecule has 1 heterocycles. The maximum atomic E-state index is 10.6. The largest absolute Gasteiger partial charge is 0.480 e. The number of nitrogen functional groups attached to an aromatic ring is 1. The lowest BCUT2D eigenvalue weighted by Crippen LogP contribution is -2.12. The van der Waals surface area contributed by atoms with Crippen molar-refractivity contribution in [3.63, 3.8) is 0 Å². The van der Waals surface area contributed by atoms with Gasteiger partial charge in [0.1, 0.15) is 12.4 Å². The maximum Gasteiger partial charge on any atom is 0.325 e. The summed E-state index contributed by atoms with van der Waals surface area (Å²) in [6.45, 7) is 1.78. The number of nitrogens with two attached hydrogens (primary N) is 1. The molecule has 1 aromatic carbocycles. The average molecular weight is 231 g/mol. The van der Waals surface area contributed by atoms with Crippen LogP contribution in [0.4, 0.5) is 5.82 Å². The van der Waals surface area contributed by atoms with Gasteiger partial charge in [-0.25, -0.2) is 4.68 Å². The Labute approximate surface area is 98.5 Å². The van der Waals surface area contributed by atoms with E-state index in [1.165, 1.54) is 4.68 Å². The molecule has 0 saturated heterocycles. The summed E-state index contributed by atoms with van der Waals surface area (Å²) in [6.07, 6.45) is 0. The first kappa shape index (κ1) is 11.2. The van der Waals surface area contributed by atoms with Crippen molar-refractivity contribution in [3.8, 4) is 11.3 Å². The molecule has 0 bridgehead atoms. The highest BCUT2D eigenvalue weighted by Crippen LogP contribution is 2.20. The van der Waals surface area contributed by atoms with E-state index in [4.69, 9.17) is 10.8 Å². The Kier molecular flexibility index (Phi) is 2.82. The van der Waals surface area contributed by atoms with Crippen LogP contribution in [0.2, 0.25) is 0 Å². The predicted octanol–water partition coefficient (Wildman–Crippen LogP) is 1.53. The van der Waals surface area contributed by atoms with Gasteiger partial charge in [-0.15, -0.1) is 0 Å². The number of anilines is 1. The van der Waals surface area contributed by atoms with Crippen LogP contribution in [0.15, 0.2) is 30.3 Å². The van der Waals surface area contributed by atoms with Crippen LogP contribution in [0.1, 0.15) is 5.56 Å². The zero-order chi connectivity index (χ0) is 12.4. The maximum absolute atomic E-state index is 10.6. The lowest BCUT2D eigenvalue weighted by molar-refractivity contribution is -0.137. The topological polar surface area (TPSA) is 81.1 Å². The predicted molar refractivity (Wildman–Crippen MR) is 64.4 cm³/mol. The van der Waals surface area contributed by atoms with Crippen molar-refractivity contribution >= 4 is 11.8 Å². The van der Waals surface area contributed by atoms with Crippen molar-refractivity contribution in [1.29, 1.82) is 0 Å². The summed E-state index contributed by atoms with van der Waals surface area (Å²) < 4.78 is 1.28. The second-order valence-corrected chi connectivity index (χ2v) is 3.87. The van der Waals surface area contributed by atoms with Crippen molar-refractivity contribution in [2.75, 3.05) is 5.73 Å². The first-order chi connectivity index (χ1) is 8.06. The average Bonchev–Trinajstić information content (AvgIpc) is 2.60. The van der Waals surface area contributed by atoms with Gasteiger partial charge < -0.3 is 10.8 Å². The number of carboxylic acids is 1. The number of aliphatic carboxylic acids is 1. The number of aromatic nitrogens is 2. The Bertz CT molecular complexity index is 543. The number of hydrogen-bond acceptors (Lipinski definition) is 3. The molecule has 5 heteroatoms. The van der Waals surface area contributed by atoms with Crippen LogP contribution in [0.5, 0.6) is 0 Å². The van der Waals surface area contributed by atoms with Gasteiger partial charge in [0.25, 0.3) is 0 Å². The molecule has 0 radical (unpaired) electrons. The molecular weight excluding hydrogens is 218 g/mol. The van der Waals surface area contributed by atoms with E-state index in [0.29, 0.717) is 11.5 Å². The third-order valence-electron chi connectivity index (χ3n) is 2.44. The molecule has 5 nitrogen and oxygen atoms in total. The van der Waals surface area contributed by atoms with Gasteiger partial charge in [-0.2, -0.15) is 5.10 Å². The number of carboxylic acid groups (broad SMARTS) is 1. The molecule has 0 amide bonds. The monoisotopic (exact) mass is 231 g/mol. The van der Waals surface area contributed by atoms with Crippen LogP contribution in [0.25, 0.3) is 11.3 Å². The normalized spacial score (nSPS) is 10.4. The minimum atomic E-state index is -0.963. The van der Waals surface area contributed by atoms with Gasteiger partial charge >= 0.3 is 5.97 Å². The quantitative estimate of drug-likeness (QED) is 0.839. The van der Waals surface area contributed by atoms with E-state index in [1.54, 1.807) is 6.07 Å². The van der Waals surface area contributed by atoms with Crippen LogP contribution < -0.4 is 5.73 Å². The van der Waals surface area contributed by atoms with Crippen molar-refractivity contribution < 1.29 is 9.90 Å². The van der Waals surface area contributed by atoms with Gasteiger partial charge in [-0.1, -0.05) is 29.8 Å². The van der Waals surface area contributed by atoms with Gasteiger partial charge in [0.2, 0.25) is 0 Å². The highest BCUT2D eigenvalue weighted by molar-refractivity contribution is 5.68. The fourth-order valence-corrected chi connectivity index (χ4v) is 1.55. The summed E-state index contributed by atoms with van der Waals surface area (Å²) in [6, 6.07) is 9.49. The van der Waals surface area contributed by atoms with E-state index in [-0.39, 0.29) is 6.54 Å². The van der Waals surface area contributed by atoms with Gasteiger partial charge in [-0.3, -0.25) is 4.79 Å². The Morgan fingerprint density at radius 2 is 2.06 bits per heavy atom. The molecule has 1 aromatic heterocycles. The summed E-state index contributed by atoms with van der Waals surface area (Å²) in [5.74, 6) is -0.613. The highest BCUT2D eigenvalue weighted by atomic mass is 16.4. The molecule has 0 aliphatic rings. The van der Waals surface area contributed by atoms with Crippen LogP contribution in [0.3, 0.4) is 0 Å². The van der Waals surface area contributed by atoms with Crippen LogP contribution in [0, 0.1) is 6.92 Å². The lowest BCUT2D eigenvalue weighted by atomic mass is 10.1. The number of aryl methyl sites for hydroxylation is 1. The van der Waals surface area contributed by atoms with E-state index < -0.39 is 5.97 Å². The zero-order valence-electron chi connectivity index (χ0n) is 9.42. The third kappa shape index (κ3) is 2.44. The van der Waals surface area contributed by atoms with Gasteiger partial charge in [0.05, 0.1) is 5.69 Å². The molecular formula is C12H13N3O2. The third-order valence-corrected chi connectivity index (χ3v) is 2.44. The summed E-state index contributed by atoms with van der Waals surface area (Å²) >= 11 is 0. The van der Waals surface area contributed by atoms with Crippen molar-refractivity contribution in [1.82, 2.24) is 9.78 Å². The molecule has 0 fully saturated rings. The van der Waals surface area contributed by atoms with Crippen LogP contribution in [-0.4, -0.2) is 20.9 Å². The van der Waals surface area contributed by atoms with Gasteiger partial charge in [-0.05, 0) is 6.92 Å². The molecule has 2 aromatic rings. The minimum absolute atomic E-state index is 0.225. The molecule has 0 atom stereocenters. The van der Waals surface area contributed by atoms with E-state index in [1.807, 2.05) is 31.2 Å². The number of hydrogen-bond donors (Lipinski definition) is 2. The molecule has 2 rings (SSSR count). The zero-order valence-corrected chi connectivity index (χ0v) is 9.42. The Balaban J connectivity index is 2.34. The number of rotatable bonds is 3. The summed E-state index contributed by atoms with van der Waals surface area (Å²) in [7, 11) is 0.